The maximum atomic E-state index is 16.2. The van der Waals surface area contributed by atoms with Gasteiger partial charge in [0.25, 0.3) is 5.91 Å². The topological polar surface area (TPSA) is 156 Å². The molecule has 0 unspecified atom stereocenters. The lowest BCUT2D eigenvalue weighted by Crippen LogP contribution is -2.43. The Morgan fingerprint density at radius 3 is 2.44 bits per heavy atom. The second kappa shape index (κ2) is 13.6. The number of aryl methyl sites for hydroxylation is 3. The number of hydrogen-bond acceptors (Lipinski definition) is 8. The summed E-state index contributed by atoms with van der Waals surface area (Å²) in [6.45, 7) is 6.18. The first-order chi connectivity index (χ1) is 31.8. The van der Waals surface area contributed by atoms with Gasteiger partial charge in [0.2, 0.25) is 0 Å². The van der Waals surface area contributed by atoms with Gasteiger partial charge >= 0.3 is 11.4 Å². The van der Waals surface area contributed by atoms with E-state index in [0.29, 0.717) is 76.8 Å². The van der Waals surface area contributed by atoms with Crippen molar-refractivity contribution in [3.8, 4) is 17.2 Å². The number of aromatic nitrogens is 9. The van der Waals surface area contributed by atoms with Crippen molar-refractivity contribution in [2.45, 2.75) is 101 Å². The highest BCUT2D eigenvalue weighted by molar-refractivity contribution is 6.00. The Bertz CT molecular complexity index is 3490. The molecular formula is C49H46F2N10O5. The fourth-order valence-corrected chi connectivity index (χ4v) is 12.0. The number of hydrogen-bond donors (Lipinski definition) is 1. The van der Waals surface area contributed by atoms with Crippen molar-refractivity contribution in [1.82, 2.24) is 48.3 Å². The summed E-state index contributed by atoms with van der Waals surface area (Å²) in [5, 5.41) is 14.8. The third-order valence-corrected chi connectivity index (χ3v) is 15.6. The van der Waals surface area contributed by atoms with Crippen LogP contribution < -0.4 is 11.4 Å². The summed E-state index contributed by atoms with van der Waals surface area (Å²) in [5.74, 6) is -0.659. The third kappa shape index (κ3) is 5.48. The normalized spacial score (nSPS) is 23.9. The Balaban J connectivity index is 0.969. The largest absolute Gasteiger partial charge is 0.438 e. The standard InChI is InChI=1S/C49H46F2N10O5/c1-25-17-32(18-26(2)41(25)50)61-43(58-15-14-57(47(58)64)38-10-9-36-33(42(38)51)24-52-56(36)4)40-34(54-61)21-31-6-8-37(40)59(31)44(62)39-20-30-19-28(29-11-16-65-48(23-29)12-13-48)5-7-35(30)60(39)49(22-27(49)3)45-53-46(63)66-55-45/h5,7,9-10,14-15,17-20,24,27,29,31,37H,6,8,11-13,16,21-23H2,1-4H3,(H,53,55,63)/t27-,29-,31+,37-,49+/m1/s1. The van der Waals surface area contributed by atoms with Crippen molar-refractivity contribution in [2.24, 2.45) is 13.0 Å². The van der Waals surface area contributed by atoms with Crippen molar-refractivity contribution < 1.29 is 22.8 Å². The van der Waals surface area contributed by atoms with Gasteiger partial charge in [-0.25, -0.2) is 23.1 Å². The molecule has 5 aromatic heterocycles. The smallest absolute Gasteiger partial charge is 0.375 e. The van der Waals surface area contributed by atoms with Gasteiger partial charge in [0, 0.05) is 55.0 Å². The summed E-state index contributed by atoms with van der Waals surface area (Å²) in [5.41, 5.74) is 4.58. The first kappa shape index (κ1) is 39.5. The van der Waals surface area contributed by atoms with E-state index in [0.717, 1.165) is 48.9 Å². The molecule has 336 valence electrons. The molecule has 5 aliphatic rings. The third-order valence-electron chi connectivity index (χ3n) is 15.6. The number of fused-ring (bicyclic) bond motifs is 6. The van der Waals surface area contributed by atoms with Crippen LogP contribution in [-0.4, -0.2) is 72.5 Å². The van der Waals surface area contributed by atoms with E-state index in [9.17, 15) is 9.59 Å². The number of imidazole rings is 1. The van der Waals surface area contributed by atoms with Crippen LogP contribution in [0.2, 0.25) is 0 Å². The van der Waals surface area contributed by atoms with Crippen LogP contribution in [0.15, 0.2) is 81.2 Å². The zero-order chi connectivity index (χ0) is 45.1. The van der Waals surface area contributed by atoms with Crippen LogP contribution in [0, 0.1) is 31.4 Å². The second-order valence-electron chi connectivity index (χ2n) is 19.5. The number of carbonyl (C=O) groups excluding carboxylic acids is 1. The molecule has 2 saturated heterocycles. The van der Waals surface area contributed by atoms with E-state index in [4.69, 9.17) is 14.4 Å². The number of rotatable bonds is 7. The minimum Gasteiger partial charge on any atom is -0.375 e. The average Bonchev–Trinajstić information content (AvgIpc) is 3.70. The summed E-state index contributed by atoms with van der Waals surface area (Å²) < 4.78 is 50.7. The molecular weight excluding hydrogens is 847 g/mol. The van der Waals surface area contributed by atoms with Crippen LogP contribution in [0.25, 0.3) is 39.0 Å². The van der Waals surface area contributed by atoms with Gasteiger partial charge in [-0.3, -0.25) is 28.1 Å². The average molecular weight is 893 g/mol. The molecule has 1 N–H and O–H groups in total. The monoisotopic (exact) mass is 892 g/mol. The molecule has 2 aliphatic carbocycles. The van der Waals surface area contributed by atoms with E-state index in [1.54, 1.807) is 60.7 Å². The van der Waals surface area contributed by atoms with Gasteiger partial charge < -0.3 is 14.2 Å². The lowest BCUT2D eigenvalue weighted by Gasteiger charge is -2.35. The van der Waals surface area contributed by atoms with Gasteiger partial charge in [0.1, 0.15) is 22.9 Å². The minimum absolute atomic E-state index is 0.0111. The number of ether oxygens (including phenoxy) is 1. The van der Waals surface area contributed by atoms with Gasteiger partial charge in [0.15, 0.2) is 11.6 Å². The van der Waals surface area contributed by atoms with E-state index in [-0.39, 0.29) is 40.4 Å². The van der Waals surface area contributed by atoms with Crippen molar-refractivity contribution >= 4 is 27.7 Å². The van der Waals surface area contributed by atoms with Crippen molar-refractivity contribution in [3.05, 3.63) is 139 Å². The number of carbonyl (C=O) groups is 1. The quantitative estimate of drug-likeness (QED) is 0.174. The van der Waals surface area contributed by atoms with Crippen molar-refractivity contribution in [2.75, 3.05) is 6.61 Å². The molecule has 13 rings (SSSR count). The maximum absolute atomic E-state index is 16.2. The molecule has 15 nitrogen and oxygen atoms in total. The summed E-state index contributed by atoms with van der Waals surface area (Å²) in [4.78, 5) is 47.8. The van der Waals surface area contributed by atoms with E-state index in [1.165, 1.54) is 27.1 Å². The highest BCUT2D eigenvalue weighted by Gasteiger charge is 2.60. The molecule has 8 heterocycles. The predicted octanol–water partition coefficient (Wildman–Crippen LogP) is 7.34. The van der Waals surface area contributed by atoms with Gasteiger partial charge in [0.05, 0.1) is 45.8 Å². The molecule has 1 spiro atoms. The van der Waals surface area contributed by atoms with Crippen LogP contribution in [0.1, 0.15) is 108 Å². The first-order valence-electron chi connectivity index (χ1n) is 22.8. The number of halogens is 2. The zero-order valence-electron chi connectivity index (χ0n) is 36.8. The van der Waals surface area contributed by atoms with E-state index in [2.05, 4.69) is 44.9 Å². The number of benzene rings is 3. The number of H-pyrrole nitrogens is 1. The molecule has 66 heavy (non-hydrogen) atoms. The highest BCUT2D eigenvalue weighted by Crippen LogP contribution is 2.57. The molecule has 0 radical (unpaired) electrons. The summed E-state index contributed by atoms with van der Waals surface area (Å²) in [6, 6.07) is 14.4. The lowest BCUT2D eigenvalue weighted by atomic mass is 9.87. The highest BCUT2D eigenvalue weighted by atomic mass is 19.1. The predicted molar refractivity (Wildman–Crippen MR) is 238 cm³/mol. The Morgan fingerprint density at radius 1 is 0.924 bits per heavy atom. The zero-order valence-corrected chi connectivity index (χ0v) is 36.8. The van der Waals surface area contributed by atoms with Gasteiger partial charge in [-0.1, -0.05) is 18.1 Å². The van der Waals surface area contributed by atoms with Crippen LogP contribution in [-0.2, 0) is 23.7 Å². The van der Waals surface area contributed by atoms with Crippen LogP contribution in [0.5, 0.6) is 0 Å². The summed E-state index contributed by atoms with van der Waals surface area (Å²) in [7, 11) is 1.73. The molecule has 4 fully saturated rings. The Morgan fingerprint density at radius 2 is 1.70 bits per heavy atom. The molecule has 5 atom stereocenters. The number of nitrogens with one attached hydrogen (secondary N) is 1. The number of aromatic amines is 1. The van der Waals surface area contributed by atoms with E-state index < -0.39 is 28.8 Å². The maximum Gasteiger partial charge on any atom is 0.438 e. The summed E-state index contributed by atoms with van der Waals surface area (Å²) >= 11 is 0. The van der Waals surface area contributed by atoms with E-state index in [1.807, 2.05) is 11.0 Å². The Kier molecular flexibility index (Phi) is 8.13. The number of amides is 1. The molecule has 1 amide bonds. The van der Waals surface area contributed by atoms with Gasteiger partial charge in [-0.05, 0) is 130 Å². The van der Waals surface area contributed by atoms with Gasteiger partial charge in [-0.2, -0.15) is 10.2 Å². The molecule has 17 heteroatoms. The molecule has 2 bridgehead atoms. The fraction of sp³-hybridized carbons (Fsp3) is 0.388. The SMILES string of the molecule is Cc1cc(-n2nc3c(c2-n2ccn(-c4ccc5c(cnn5C)c4F)c2=O)[C@H]2CC[C@@H](C3)N2C(=O)c2cc3cc([C@@H]4CCOC5(CC5)C4)ccc3n2[C@@]2(c3noc(=O)[nH]3)C[C@H]2C)cc(C)c1F. The molecule has 3 aromatic carbocycles. The lowest BCUT2D eigenvalue weighted by molar-refractivity contribution is -0.0132. The van der Waals surface area contributed by atoms with Crippen LogP contribution >= 0.6 is 0 Å². The van der Waals surface area contributed by atoms with E-state index >= 15 is 13.6 Å². The van der Waals surface area contributed by atoms with Crippen LogP contribution in [0.3, 0.4) is 0 Å². The van der Waals surface area contributed by atoms with Crippen molar-refractivity contribution in [1.29, 1.82) is 0 Å². The molecule has 2 saturated carbocycles. The van der Waals surface area contributed by atoms with Crippen LogP contribution in [0.4, 0.5) is 8.78 Å². The Hall–Kier alpha value is -6.88. The molecule has 8 aromatic rings. The first-order valence-corrected chi connectivity index (χ1v) is 22.8. The molecule has 3 aliphatic heterocycles. The fourth-order valence-electron chi connectivity index (χ4n) is 12.0. The minimum atomic E-state index is -0.837. The van der Waals surface area contributed by atoms with Gasteiger partial charge in [-0.15, -0.1) is 0 Å². The van der Waals surface area contributed by atoms with Crippen molar-refractivity contribution in [3.63, 3.8) is 0 Å². The number of nitrogens with zero attached hydrogens (tertiary/aromatic N) is 9. The Labute approximate surface area is 375 Å². The second-order valence-corrected chi connectivity index (χ2v) is 19.5. The summed E-state index contributed by atoms with van der Waals surface area (Å²) in [6.07, 6.45) is 11.0.